The standard InChI is InChI=1S/C25H24F2N4O4S/c1-33-20-6-3-9-28-24(20)34-13-22(32)31-10-7-15(8-11-31)25-29-19(14-36-25)18-12-21(35-30-18)23-16(26)4-2-5-17(23)27/h2-6,9,14-15,21H,7-8,10-13H2,1H3. The molecular formula is C25H24F2N4O4S. The molecule has 8 nitrogen and oxygen atoms in total. The lowest BCUT2D eigenvalue weighted by atomic mass is 9.97. The van der Waals surface area contributed by atoms with E-state index in [2.05, 4.69) is 10.1 Å². The number of amides is 1. The zero-order chi connectivity index (χ0) is 25.1. The molecule has 3 aromatic rings. The highest BCUT2D eigenvalue weighted by Gasteiger charge is 2.31. The van der Waals surface area contributed by atoms with Gasteiger partial charge in [-0.1, -0.05) is 11.2 Å². The number of methoxy groups -OCH3 is 1. The van der Waals surface area contributed by atoms with E-state index in [0.29, 0.717) is 30.2 Å². The Balaban J connectivity index is 1.14. The van der Waals surface area contributed by atoms with E-state index in [-0.39, 0.29) is 36.3 Å². The predicted octanol–water partition coefficient (Wildman–Crippen LogP) is 4.48. The molecule has 1 unspecified atom stereocenters. The van der Waals surface area contributed by atoms with Crippen LogP contribution in [0.4, 0.5) is 8.78 Å². The number of ether oxygens (including phenoxy) is 2. The Bertz CT molecular complexity index is 1260. The number of carbonyl (C=O) groups is 1. The normalized spacial score (nSPS) is 18.0. The minimum absolute atomic E-state index is 0.107. The van der Waals surface area contributed by atoms with Crippen molar-refractivity contribution in [3.05, 3.63) is 69.8 Å². The molecule has 0 spiro atoms. The molecule has 1 aromatic carbocycles. The Hall–Kier alpha value is -3.60. The van der Waals surface area contributed by atoms with Gasteiger partial charge in [-0.15, -0.1) is 11.3 Å². The Morgan fingerprint density at radius 1 is 1.19 bits per heavy atom. The number of piperidine rings is 1. The molecule has 1 amide bonds. The minimum atomic E-state index is -0.811. The van der Waals surface area contributed by atoms with Crippen LogP contribution in [0.15, 0.2) is 47.1 Å². The first-order valence-electron chi connectivity index (χ1n) is 11.6. The van der Waals surface area contributed by atoms with E-state index in [1.54, 1.807) is 23.2 Å². The molecule has 0 N–H and O–H groups in total. The molecule has 36 heavy (non-hydrogen) atoms. The molecular weight excluding hydrogens is 490 g/mol. The lowest BCUT2D eigenvalue weighted by molar-refractivity contribution is -0.134. The molecule has 1 fully saturated rings. The summed E-state index contributed by atoms with van der Waals surface area (Å²) in [5.41, 5.74) is 1.11. The van der Waals surface area contributed by atoms with Crippen molar-refractivity contribution in [1.82, 2.24) is 14.9 Å². The molecule has 1 saturated heterocycles. The van der Waals surface area contributed by atoms with E-state index in [1.807, 2.05) is 5.38 Å². The highest BCUT2D eigenvalue weighted by Crippen LogP contribution is 2.35. The monoisotopic (exact) mass is 514 g/mol. The van der Waals surface area contributed by atoms with Crippen LogP contribution in [0.3, 0.4) is 0 Å². The van der Waals surface area contributed by atoms with Gasteiger partial charge in [-0.25, -0.2) is 18.7 Å². The van der Waals surface area contributed by atoms with E-state index in [1.165, 1.54) is 36.6 Å². The van der Waals surface area contributed by atoms with Gasteiger partial charge in [0.2, 0.25) is 0 Å². The van der Waals surface area contributed by atoms with Crippen molar-refractivity contribution in [3.63, 3.8) is 0 Å². The maximum atomic E-state index is 14.1. The van der Waals surface area contributed by atoms with E-state index in [4.69, 9.17) is 19.3 Å². The van der Waals surface area contributed by atoms with Gasteiger partial charge >= 0.3 is 0 Å². The lowest BCUT2D eigenvalue weighted by Crippen LogP contribution is -2.40. The summed E-state index contributed by atoms with van der Waals surface area (Å²) in [6, 6.07) is 7.19. The van der Waals surface area contributed by atoms with Crippen LogP contribution in [0.5, 0.6) is 11.6 Å². The molecule has 0 saturated carbocycles. The number of likely N-dealkylation sites (tertiary alicyclic amines) is 1. The number of pyridine rings is 1. The Morgan fingerprint density at radius 3 is 2.72 bits per heavy atom. The van der Waals surface area contributed by atoms with Gasteiger partial charge in [0.1, 0.15) is 17.3 Å². The molecule has 4 heterocycles. The van der Waals surface area contributed by atoms with Gasteiger partial charge in [0, 0.05) is 37.0 Å². The van der Waals surface area contributed by atoms with Crippen LogP contribution < -0.4 is 9.47 Å². The summed E-state index contributed by atoms with van der Waals surface area (Å²) in [7, 11) is 1.52. The van der Waals surface area contributed by atoms with Gasteiger partial charge in [-0.3, -0.25) is 4.79 Å². The van der Waals surface area contributed by atoms with Gasteiger partial charge in [0.05, 0.1) is 23.4 Å². The molecule has 5 rings (SSSR count). The summed E-state index contributed by atoms with van der Waals surface area (Å²) in [6.45, 7) is 1.09. The molecule has 188 valence electrons. The van der Waals surface area contributed by atoms with Gasteiger partial charge in [-0.05, 0) is 37.1 Å². The SMILES string of the molecule is COc1cccnc1OCC(=O)N1CCC(c2nc(C3=NOC(c4c(F)cccc4F)C3)cs2)CC1. The van der Waals surface area contributed by atoms with Crippen molar-refractivity contribution >= 4 is 23.0 Å². The average Bonchev–Trinajstić information content (AvgIpc) is 3.58. The topological polar surface area (TPSA) is 86.1 Å². The minimum Gasteiger partial charge on any atom is -0.491 e. The summed E-state index contributed by atoms with van der Waals surface area (Å²) in [5, 5.41) is 6.89. The fourth-order valence-electron chi connectivity index (χ4n) is 4.35. The Labute approximate surface area is 210 Å². The summed E-state index contributed by atoms with van der Waals surface area (Å²) in [6.07, 6.45) is 2.57. The molecule has 2 aromatic heterocycles. The van der Waals surface area contributed by atoms with Gasteiger partial charge in [0.15, 0.2) is 18.5 Å². The number of thiazole rings is 1. The van der Waals surface area contributed by atoms with Crippen molar-refractivity contribution in [2.24, 2.45) is 5.16 Å². The fourth-order valence-corrected chi connectivity index (χ4v) is 5.35. The van der Waals surface area contributed by atoms with E-state index < -0.39 is 17.7 Å². The third-order valence-electron chi connectivity index (χ3n) is 6.29. The highest BCUT2D eigenvalue weighted by molar-refractivity contribution is 7.10. The Morgan fingerprint density at radius 2 is 1.97 bits per heavy atom. The van der Waals surface area contributed by atoms with E-state index >= 15 is 0 Å². The maximum Gasteiger partial charge on any atom is 0.260 e. The quantitative estimate of drug-likeness (QED) is 0.462. The average molecular weight is 515 g/mol. The van der Waals surface area contributed by atoms with Gasteiger partial charge in [0.25, 0.3) is 11.8 Å². The smallest absolute Gasteiger partial charge is 0.260 e. The predicted molar refractivity (Wildman–Crippen MR) is 128 cm³/mol. The molecule has 0 aliphatic carbocycles. The maximum absolute atomic E-state index is 14.1. The van der Waals surface area contributed by atoms with Crippen molar-refractivity contribution in [3.8, 4) is 11.6 Å². The number of halogens is 2. The van der Waals surface area contributed by atoms with Crippen LogP contribution in [-0.4, -0.2) is 53.3 Å². The number of nitrogens with zero attached hydrogens (tertiary/aromatic N) is 4. The van der Waals surface area contributed by atoms with Crippen LogP contribution in [0.2, 0.25) is 0 Å². The number of benzene rings is 1. The summed E-state index contributed by atoms with van der Waals surface area (Å²) >= 11 is 1.52. The van der Waals surface area contributed by atoms with Crippen LogP contribution in [0, 0.1) is 11.6 Å². The third kappa shape index (κ3) is 5.01. The van der Waals surface area contributed by atoms with Crippen LogP contribution in [-0.2, 0) is 9.63 Å². The largest absolute Gasteiger partial charge is 0.491 e. The first-order chi connectivity index (χ1) is 17.5. The van der Waals surface area contributed by atoms with Crippen molar-refractivity contribution in [2.75, 3.05) is 26.8 Å². The van der Waals surface area contributed by atoms with Crippen LogP contribution in [0.25, 0.3) is 0 Å². The fraction of sp³-hybridized carbons (Fsp3) is 0.360. The number of rotatable bonds is 7. The first-order valence-corrected chi connectivity index (χ1v) is 12.4. The Kier molecular flexibility index (Phi) is 7.08. The zero-order valence-corrected chi connectivity index (χ0v) is 20.3. The summed E-state index contributed by atoms with van der Waals surface area (Å²) in [5.74, 6) is -0.427. The van der Waals surface area contributed by atoms with Crippen LogP contribution >= 0.6 is 11.3 Å². The number of hydrogen-bond acceptors (Lipinski definition) is 8. The molecule has 2 aliphatic heterocycles. The number of hydrogen-bond donors (Lipinski definition) is 0. The van der Waals surface area contributed by atoms with Gasteiger partial charge < -0.3 is 19.2 Å². The molecule has 0 radical (unpaired) electrons. The van der Waals surface area contributed by atoms with E-state index in [0.717, 1.165) is 17.8 Å². The summed E-state index contributed by atoms with van der Waals surface area (Å²) in [4.78, 5) is 28.6. The van der Waals surface area contributed by atoms with Gasteiger partial charge in [-0.2, -0.15) is 0 Å². The lowest BCUT2D eigenvalue weighted by Gasteiger charge is -2.31. The van der Waals surface area contributed by atoms with Crippen molar-refractivity contribution in [1.29, 1.82) is 0 Å². The third-order valence-corrected chi connectivity index (χ3v) is 7.30. The van der Waals surface area contributed by atoms with Crippen LogP contribution in [0.1, 0.15) is 47.5 Å². The van der Waals surface area contributed by atoms with Crippen molar-refractivity contribution in [2.45, 2.75) is 31.3 Å². The second-order valence-corrected chi connectivity index (χ2v) is 9.39. The number of carbonyl (C=O) groups excluding carboxylic acids is 1. The first kappa shape index (κ1) is 24.1. The molecule has 0 bridgehead atoms. The zero-order valence-electron chi connectivity index (χ0n) is 19.5. The highest BCUT2D eigenvalue weighted by atomic mass is 32.1. The second-order valence-electron chi connectivity index (χ2n) is 8.50. The number of oxime groups is 1. The van der Waals surface area contributed by atoms with Crippen molar-refractivity contribution < 1.29 is 27.9 Å². The number of aromatic nitrogens is 2. The second kappa shape index (κ2) is 10.6. The summed E-state index contributed by atoms with van der Waals surface area (Å²) < 4.78 is 39.0. The molecule has 1 atom stereocenters. The van der Waals surface area contributed by atoms with E-state index in [9.17, 15) is 13.6 Å². The molecule has 2 aliphatic rings. The molecule has 11 heteroatoms.